The largest absolute Gasteiger partial charge is 0.438 e. The molecule has 1 N–H and O–H groups in total. The van der Waals surface area contributed by atoms with Crippen molar-refractivity contribution in [2.75, 3.05) is 33.4 Å². The molecule has 0 saturated carbocycles. The Labute approximate surface area is 165 Å². The van der Waals surface area contributed by atoms with E-state index in [2.05, 4.69) is 10.3 Å². The quantitative estimate of drug-likeness (QED) is 0.740. The van der Waals surface area contributed by atoms with Crippen molar-refractivity contribution in [3.8, 4) is 0 Å². The molecule has 1 saturated heterocycles. The zero-order valence-corrected chi connectivity index (χ0v) is 16.4. The molecule has 1 aromatic carbocycles. The molecule has 0 bridgehead atoms. The molecule has 0 atom stereocenters. The van der Waals surface area contributed by atoms with Gasteiger partial charge in [-0.05, 0) is 49.8 Å². The third-order valence-electron chi connectivity index (χ3n) is 5.17. The third kappa shape index (κ3) is 4.98. The summed E-state index contributed by atoms with van der Waals surface area (Å²) in [6.45, 7) is 4.24. The van der Waals surface area contributed by atoms with Crippen molar-refractivity contribution in [2.45, 2.75) is 26.2 Å². The number of amides is 2. The Bertz CT molecular complexity index is 792. The standard InChI is InChI=1S/C21H27N3O4/c1-15-19(28-14-23-15)21(26)24-10-7-17(8-11-24)13-16-3-5-18(6-4-16)20(25)22-9-12-27-2/h3-6,14,17H,7-13H2,1-2H3,(H,22,25). The molecule has 0 unspecified atom stereocenters. The van der Waals surface area contributed by atoms with Gasteiger partial charge in [-0.1, -0.05) is 12.1 Å². The predicted molar refractivity (Wildman–Crippen MR) is 104 cm³/mol. The number of methoxy groups -OCH3 is 1. The highest BCUT2D eigenvalue weighted by Crippen LogP contribution is 2.23. The second kappa shape index (κ2) is 9.50. The SMILES string of the molecule is COCCNC(=O)c1ccc(CC2CCN(C(=O)c3ocnc3C)CC2)cc1. The molecule has 2 heterocycles. The molecule has 28 heavy (non-hydrogen) atoms. The number of hydrogen-bond acceptors (Lipinski definition) is 5. The number of nitrogens with one attached hydrogen (secondary N) is 1. The molecule has 0 radical (unpaired) electrons. The molecular formula is C21H27N3O4. The van der Waals surface area contributed by atoms with Gasteiger partial charge in [-0.15, -0.1) is 0 Å². The number of carbonyl (C=O) groups is 2. The molecule has 1 aromatic heterocycles. The second-order valence-electron chi connectivity index (χ2n) is 7.15. The Morgan fingerprint density at radius 1 is 1.25 bits per heavy atom. The van der Waals surface area contributed by atoms with Crippen LogP contribution < -0.4 is 5.32 Å². The van der Waals surface area contributed by atoms with E-state index in [0.717, 1.165) is 32.4 Å². The van der Waals surface area contributed by atoms with Crippen molar-refractivity contribution in [1.29, 1.82) is 0 Å². The number of rotatable bonds is 7. The Hall–Kier alpha value is -2.67. The van der Waals surface area contributed by atoms with Gasteiger partial charge in [-0.3, -0.25) is 9.59 Å². The monoisotopic (exact) mass is 385 g/mol. The number of oxazole rings is 1. The van der Waals surface area contributed by atoms with Gasteiger partial charge in [-0.2, -0.15) is 0 Å². The topological polar surface area (TPSA) is 84.7 Å². The number of carbonyl (C=O) groups excluding carboxylic acids is 2. The molecule has 150 valence electrons. The molecule has 1 aliphatic rings. The summed E-state index contributed by atoms with van der Waals surface area (Å²) >= 11 is 0. The fourth-order valence-corrected chi connectivity index (χ4v) is 3.49. The van der Waals surface area contributed by atoms with Crippen LogP contribution in [0, 0.1) is 12.8 Å². The van der Waals surface area contributed by atoms with Gasteiger partial charge in [-0.25, -0.2) is 4.98 Å². The average Bonchev–Trinajstić information content (AvgIpc) is 3.14. The Morgan fingerprint density at radius 2 is 1.96 bits per heavy atom. The molecular weight excluding hydrogens is 358 g/mol. The van der Waals surface area contributed by atoms with Crippen LogP contribution in [0.4, 0.5) is 0 Å². The predicted octanol–water partition coefficient (Wildman–Crippen LogP) is 2.45. The molecule has 0 aliphatic carbocycles. The first kappa shape index (κ1) is 20.1. The van der Waals surface area contributed by atoms with Gasteiger partial charge >= 0.3 is 0 Å². The Kier molecular flexibility index (Phi) is 6.81. The summed E-state index contributed by atoms with van der Waals surface area (Å²) in [7, 11) is 1.61. The zero-order valence-electron chi connectivity index (χ0n) is 16.4. The minimum atomic E-state index is -0.0851. The summed E-state index contributed by atoms with van der Waals surface area (Å²) in [6, 6.07) is 7.76. The van der Waals surface area contributed by atoms with Crippen LogP contribution in [0.1, 0.15) is 45.0 Å². The van der Waals surface area contributed by atoms with E-state index in [9.17, 15) is 9.59 Å². The summed E-state index contributed by atoms with van der Waals surface area (Å²) in [5.74, 6) is 0.717. The molecule has 2 amide bonds. The minimum Gasteiger partial charge on any atom is -0.438 e. The lowest BCUT2D eigenvalue weighted by molar-refractivity contribution is 0.0657. The maximum atomic E-state index is 12.5. The number of piperidine rings is 1. The van der Waals surface area contributed by atoms with E-state index in [-0.39, 0.29) is 11.8 Å². The first-order valence-electron chi connectivity index (χ1n) is 9.64. The van der Waals surface area contributed by atoms with Crippen molar-refractivity contribution in [1.82, 2.24) is 15.2 Å². The Balaban J connectivity index is 1.47. The highest BCUT2D eigenvalue weighted by atomic mass is 16.5. The number of benzene rings is 1. The zero-order chi connectivity index (χ0) is 19.9. The van der Waals surface area contributed by atoms with Gasteiger partial charge < -0.3 is 19.4 Å². The van der Waals surface area contributed by atoms with Gasteiger partial charge in [0.25, 0.3) is 11.8 Å². The van der Waals surface area contributed by atoms with Crippen LogP contribution in [0.2, 0.25) is 0 Å². The first-order valence-corrected chi connectivity index (χ1v) is 9.64. The van der Waals surface area contributed by atoms with Crippen LogP contribution in [0.3, 0.4) is 0 Å². The van der Waals surface area contributed by atoms with E-state index in [1.807, 2.05) is 29.2 Å². The van der Waals surface area contributed by atoms with E-state index >= 15 is 0 Å². The van der Waals surface area contributed by atoms with Crippen LogP contribution in [0.25, 0.3) is 0 Å². The van der Waals surface area contributed by atoms with Gasteiger partial charge in [0, 0.05) is 32.3 Å². The summed E-state index contributed by atoms with van der Waals surface area (Å²) < 4.78 is 10.2. The number of likely N-dealkylation sites (tertiary alicyclic amines) is 1. The van der Waals surface area contributed by atoms with Crippen LogP contribution in [0.5, 0.6) is 0 Å². The van der Waals surface area contributed by atoms with Gasteiger partial charge in [0.1, 0.15) is 0 Å². The molecule has 0 spiro atoms. The van der Waals surface area contributed by atoms with Crippen molar-refractivity contribution in [3.63, 3.8) is 0 Å². The smallest absolute Gasteiger partial charge is 0.291 e. The molecule has 7 nitrogen and oxygen atoms in total. The van der Waals surface area contributed by atoms with Crippen molar-refractivity contribution < 1.29 is 18.7 Å². The van der Waals surface area contributed by atoms with E-state index < -0.39 is 0 Å². The fraction of sp³-hybridized carbons (Fsp3) is 0.476. The normalized spacial score (nSPS) is 14.9. The van der Waals surface area contributed by atoms with Crippen molar-refractivity contribution >= 4 is 11.8 Å². The Morgan fingerprint density at radius 3 is 2.57 bits per heavy atom. The summed E-state index contributed by atoms with van der Waals surface area (Å²) in [4.78, 5) is 30.4. The van der Waals surface area contributed by atoms with Crippen LogP contribution >= 0.6 is 0 Å². The molecule has 3 rings (SSSR count). The number of nitrogens with zero attached hydrogens (tertiary/aromatic N) is 2. The lowest BCUT2D eigenvalue weighted by Gasteiger charge is -2.31. The number of ether oxygens (including phenoxy) is 1. The van der Waals surface area contributed by atoms with E-state index in [1.165, 1.54) is 12.0 Å². The number of hydrogen-bond donors (Lipinski definition) is 1. The van der Waals surface area contributed by atoms with Gasteiger partial charge in [0.2, 0.25) is 5.76 Å². The fourth-order valence-electron chi connectivity index (χ4n) is 3.49. The number of aryl methyl sites for hydroxylation is 1. The second-order valence-corrected chi connectivity index (χ2v) is 7.15. The van der Waals surface area contributed by atoms with Crippen molar-refractivity contribution in [2.24, 2.45) is 5.92 Å². The van der Waals surface area contributed by atoms with E-state index in [0.29, 0.717) is 36.1 Å². The van der Waals surface area contributed by atoms with E-state index in [1.54, 1.807) is 14.0 Å². The van der Waals surface area contributed by atoms with Crippen LogP contribution in [-0.4, -0.2) is 55.0 Å². The van der Waals surface area contributed by atoms with Gasteiger partial charge in [0.05, 0.1) is 12.3 Å². The van der Waals surface area contributed by atoms with Crippen LogP contribution in [0.15, 0.2) is 35.1 Å². The number of aromatic nitrogens is 1. The molecule has 7 heteroatoms. The molecule has 1 fully saturated rings. The van der Waals surface area contributed by atoms with Crippen molar-refractivity contribution in [3.05, 3.63) is 53.2 Å². The van der Waals surface area contributed by atoms with Gasteiger partial charge in [0.15, 0.2) is 6.39 Å². The lowest BCUT2D eigenvalue weighted by atomic mass is 9.90. The third-order valence-corrected chi connectivity index (χ3v) is 5.17. The van der Waals surface area contributed by atoms with E-state index in [4.69, 9.17) is 9.15 Å². The highest BCUT2D eigenvalue weighted by molar-refractivity contribution is 5.94. The minimum absolute atomic E-state index is 0.0720. The summed E-state index contributed by atoms with van der Waals surface area (Å²) in [5.41, 5.74) is 2.51. The lowest BCUT2D eigenvalue weighted by Crippen LogP contribution is -2.39. The molecule has 1 aliphatic heterocycles. The first-order chi connectivity index (χ1) is 13.6. The van der Waals surface area contributed by atoms with Crippen LogP contribution in [-0.2, 0) is 11.2 Å². The summed E-state index contributed by atoms with van der Waals surface area (Å²) in [6.07, 6.45) is 4.18. The highest BCUT2D eigenvalue weighted by Gasteiger charge is 2.26. The maximum Gasteiger partial charge on any atom is 0.291 e. The summed E-state index contributed by atoms with van der Waals surface area (Å²) in [5, 5.41) is 2.82. The molecule has 2 aromatic rings. The maximum absolute atomic E-state index is 12.5. The average molecular weight is 385 g/mol.